The second kappa shape index (κ2) is 5.35. The van der Waals surface area contributed by atoms with E-state index in [1.165, 1.54) is 0 Å². The van der Waals surface area contributed by atoms with Crippen molar-refractivity contribution in [3.63, 3.8) is 0 Å². The van der Waals surface area contributed by atoms with E-state index in [0.29, 0.717) is 16.3 Å². The van der Waals surface area contributed by atoms with Crippen LogP contribution in [0.3, 0.4) is 0 Å². The van der Waals surface area contributed by atoms with Crippen molar-refractivity contribution in [2.24, 2.45) is 0 Å². The van der Waals surface area contributed by atoms with E-state index < -0.39 is 11.8 Å². The Morgan fingerprint density at radius 3 is 2.19 bits per heavy atom. The molecule has 21 heavy (non-hydrogen) atoms. The highest BCUT2D eigenvalue weighted by atomic mass is 35.5. The number of halogens is 2. The lowest BCUT2D eigenvalue weighted by molar-refractivity contribution is -0.119. The van der Waals surface area contributed by atoms with Gasteiger partial charge in [0.1, 0.15) is 5.03 Å². The summed E-state index contributed by atoms with van der Waals surface area (Å²) in [5.41, 5.74) is 1.23. The van der Waals surface area contributed by atoms with Crippen molar-refractivity contribution >= 4 is 46.3 Å². The van der Waals surface area contributed by atoms with E-state index in [1.54, 1.807) is 48.5 Å². The first-order chi connectivity index (χ1) is 10.1. The smallest absolute Gasteiger partial charge is 0.268 e. The maximum Gasteiger partial charge on any atom is 0.277 e. The fourth-order valence-corrected chi connectivity index (χ4v) is 2.67. The van der Waals surface area contributed by atoms with Gasteiger partial charge in [-0.15, -0.1) is 0 Å². The molecule has 104 valence electrons. The fraction of sp³-hybridized carbons (Fsp3) is 0. The van der Waals surface area contributed by atoms with Crippen molar-refractivity contribution in [2.75, 3.05) is 4.90 Å². The van der Waals surface area contributed by atoms with Crippen molar-refractivity contribution in [1.29, 1.82) is 0 Å². The molecular formula is C16H9Cl2NO2. The number of rotatable bonds is 2. The van der Waals surface area contributed by atoms with Crippen LogP contribution in [0.5, 0.6) is 0 Å². The summed E-state index contributed by atoms with van der Waals surface area (Å²) in [7, 11) is 0. The highest BCUT2D eigenvalue weighted by molar-refractivity contribution is 6.60. The molecule has 0 N–H and O–H groups in total. The van der Waals surface area contributed by atoms with Gasteiger partial charge in [-0.3, -0.25) is 9.59 Å². The summed E-state index contributed by atoms with van der Waals surface area (Å²) in [5, 5.41) is 0.364. The topological polar surface area (TPSA) is 37.4 Å². The van der Waals surface area contributed by atoms with Gasteiger partial charge >= 0.3 is 0 Å². The molecule has 2 amide bonds. The average molecular weight is 318 g/mol. The number of benzene rings is 2. The number of carbonyl (C=O) groups is 2. The van der Waals surface area contributed by atoms with E-state index in [9.17, 15) is 9.59 Å². The minimum Gasteiger partial charge on any atom is -0.268 e. The molecule has 1 aliphatic heterocycles. The predicted octanol–water partition coefficient (Wildman–Crippen LogP) is 3.86. The third-order valence-corrected chi connectivity index (χ3v) is 3.74. The molecule has 0 radical (unpaired) electrons. The monoisotopic (exact) mass is 317 g/mol. The Balaban J connectivity index is 2.07. The van der Waals surface area contributed by atoms with E-state index in [2.05, 4.69) is 0 Å². The zero-order valence-electron chi connectivity index (χ0n) is 10.7. The van der Waals surface area contributed by atoms with Crippen LogP contribution < -0.4 is 4.90 Å². The Kier molecular flexibility index (Phi) is 3.53. The first-order valence-electron chi connectivity index (χ1n) is 6.19. The summed E-state index contributed by atoms with van der Waals surface area (Å²) in [5.74, 6) is -0.985. The van der Waals surface area contributed by atoms with Crippen LogP contribution in [0, 0.1) is 0 Å². The van der Waals surface area contributed by atoms with Gasteiger partial charge in [-0.2, -0.15) is 0 Å². The molecule has 0 atom stereocenters. The molecule has 0 saturated carbocycles. The molecule has 1 heterocycles. The number of imide groups is 1. The summed E-state index contributed by atoms with van der Waals surface area (Å²) in [6, 6.07) is 15.4. The summed E-state index contributed by atoms with van der Waals surface area (Å²) >= 11 is 12.0. The Morgan fingerprint density at radius 2 is 1.52 bits per heavy atom. The molecule has 2 aromatic rings. The van der Waals surface area contributed by atoms with E-state index in [-0.39, 0.29) is 10.6 Å². The molecule has 0 aliphatic carbocycles. The van der Waals surface area contributed by atoms with Gasteiger partial charge < -0.3 is 0 Å². The van der Waals surface area contributed by atoms with Crippen LogP contribution in [0.4, 0.5) is 5.69 Å². The SMILES string of the molecule is O=C1C(Cl)=C(c2ccccc2)C(=O)N1c1cccc(Cl)c1. The maximum atomic E-state index is 12.6. The van der Waals surface area contributed by atoms with Crippen LogP contribution in [-0.2, 0) is 9.59 Å². The summed E-state index contributed by atoms with van der Waals surface area (Å²) < 4.78 is 0. The van der Waals surface area contributed by atoms with Crippen molar-refractivity contribution in [1.82, 2.24) is 0 Å². The molecular weight excluding hydrogens is 309 g/mol. The minimum atomic E-state index is -0.539. The second-order valence-corrected chi connectivity index (χ2v) is 5.29. The van der Waals surface area contributed by atoms with Crippen LogP contribution in [0.15, 0.2) is 59.6 Å². The normalized spacial score (nSPS) is 15.0. The van der Waals surface area contributed by atoms with E-state index in [4.69, 9.17) is 23.2 Å². The number of nitrogens with zero attached hydrogens (tertiary/aromatic N) is 1. The Hall–Kier alpha value is -2.10. The number of hydrogen-bond acceptors (Lipinski definition) is 2. The van der Waals surface area contributed by atoms with Gasteiger partial charge in [-0.1, -0.05) is 59.6 Å². The lowest BCUT2D eigenvalue weighted by Gasteiger charge is -2.15. The Labute approximate surface area is 131 Å². The summed E-state index contributed by atoms with van der Waals surface area (Å²) in [4.78, 5) is 25.9. The maximum absolute atomic E-state index is 12.6. The van der Waals surface area contributed by atoms with E-state index in [0.717, 1.165) is 4.90 Å². The van der Waals surface area contributed by atoms with Gasteiger partial charge in [-0.05, 0) is 23.8 Å². The largest absolute Gasteiger partial charge is 0.277 e. The molecule has 0 spiro atoms. The van der Waals surface area contributed by atoms with Gasteiger partial charge in [0.25, 0.3) is 11.8 Å². The van der Waals surface area contributed by atoms with Gasteiger partial charge in [0.05, 0.1) is 11.3 Å². The van der Waals surface area contributed by atoms with Crippen LogP contribution in [0.25, 0.3) is 5.57 Å². The predicted molar refractivity (Wildman–Crippen MR) is 83.2 cm³/mol. The average Bonchev–Trinajstić information content (AvgIpc) is 2.70. The highest BCUT2D eigenvalue weighted by Crippen LogP contribution is 2.35. The highest BCUT2D eigenvalue weighted by Gasteiger charge is 2.39. The zero-order chi connectivity index (χ0) is 15.0. The Bertz CT molecular complexity index is 769. The molecule has 3 rings (SSSR count). The third kappa shape index (κ3) is 2.35. The van der Waals surface area contributed by atoms with Crippen molar-refractivity contribution in [3.05, 3.63) is 70.2 Å². The standard InChI is InChI=1S/C16H9Cl2NO2/c17-11-7-4-8-12(9-11)19-15(20)13(14(18)16(19)21)10-5-2-1-3-6-10/h1-9H. The molecule has 2 aromatic carbocycles. The van der Waals surface area contributed by atoms with Crippen LogP contribution in [0.2, 0.25) is 5.02 Å². The first-order valence-corrected chi connectivity index (χ1v) is 6.95. The number of carbonyl (C=O) groups excluding carboxylic acids is 2. The molecule has 1 aliphatic rings. The third-order valence-electron chi connectivity index (χ3n) is 3.16. The van der Waals surface area contributed by atoms with Crippen LogP contribution in [-0.4, -0.2) is 11.8 Å². The first kappa shape index (κ1) is 13.9. The second-order valence-electron chi connectivity index (χ2n) is 4.48. The molecule has 0 fully saturated rings. The molecule has 0 aromatic heterocycles. The summed E-state index contributed by atoms with van der Waals surface area (Å²) in [6.45, 7) is 0. The van der Waals surface area contributed by atoms with Gasteiger partial charge in [0.15, 0.2) is 0 Å². The lowest BCUT2D eigenvalue weighted by Crippen LogP contribution is -2.31. The molecule has 0 saturated heterocycles. The van der Waals surface area contributed by atoms with Gasteiger partial charge in [0.2, 0.25) is 0 Å². The van der Waals surface area contributed by atoms with Gasteiger partial charge in [0, 0.05) is 5.02 Å². The molecule has 0 bridgehead atoms. The molecule has 0 unspecified atom stereocenters. The van der Waals surface area contributed by atoms with E-state index >= 15 is 0 Å². The van der Waals surface area contributed by atoms with Crippen molar-refractivity contribution in [2.45, 2.75) is 0 Å². The van der Waals surface area contributed by atoms with Crippen LogP contribution >= 0.6 is 23.2 Å². The van der Waals surface area contributed by atoms with Crippen molar-refractivity contribution in [3.8, 4) is 0 Å². The number of hydrogen-bond donors (Lipinski definition) is 0. The molecule has 5 heteroatoms. The molecule has 3 nitrogen and oxygen atoms in total. The minimum absolute atomic E-state index is 0.0776. The quantitative estimate of drug-likeness (QED) is 0.789. The zero-order valence-corrected chi connectivity index (χ0v) is 12.2. The van der Waals surface area contributed by atoms with Crippen LogP contribution in [0.1, 0.15) is 5.56 Å². The van der Waals surface area contributed by atoms with Crippen molar-refractivity contribution < 1.29 is 9.59 Å². The van der Waals surface area contributed by atoms with E-state index in [1.807, 2.05) is 6.07 Å². The van der Waals surface area contributed by atoms with Gasteiger partial charge in [-0.25, -0.2) is 4.90 Å². The Morgan fingerprint density at radius 1 is 0.810 bits per heavy atom. The lowest BCUT2D eigenvalue weighted by atomic mass is 10.1. The number of amides is 2. The summed E-state index contributed by atoms with van der Waals surface area (Å²) in [6.07, 6.45) is 0. The number of anilines is 1. The fourth-order valence-electron chi connectivity index (χ4n) is 2.21.